The Bertz CT molecular complexity index is 4300. The van der Waals surface area contributed by atoms with Gasteiger partial charge in [0.25, 0.3) is 0 Å². The second kappa shape index (κ2) is 28.9. The van der Waals surface area contributed by atoms with E-state index in [9.17, 15) is 32.3 Å². The minimum absolute atomic E-state index is 0.0121. The Morgan fingerprint density at radius 2 is 0.773 bits per heavy atom. The van der Waals surface area contributed by atoms with E-state index in [-0.39, 0.29) is 68.4 Å². The molecular formula is C72H87F3N18O4. The highest BCUT2D eigenvalue weighted by Gasteiger charge is 2.35. The molecule has 0 aliphatic carbocycles. The number of nitrogens with zero attached hydrogens (tertiary/aromatic N) is 10. The molecule has 12 rings (SSSR count). The first-order valence-electron chi connectivity index (χ1n) is 32.4. The number of aromatic amines is 4. The molecule has 0 spiro atoms. The fourth-order valence-electron chi connectivity index (χ4n) is 12.0. The van der Waals surface area contributed by atoms with Crippen LogP contribution in [-0.4, -0.2) is 111 Å². The maximum atomic E-state index is 14.1. The van der Waals surface area contributed by atoms with Gasteiger partial charge in [0, 0.05) is 136 Å². The SMILES string of the molecule is CC(C)(C)c1n[nH]c2c1CN(C(=O)Nc1ccc(F)c(C#N)c1)CC2.CC(C)(C)c1n[nH]c2c1CN(C(=O)Nc1cccc(C#N)c1F)CC2.Cc1cc(NC(=O)N2CCc3[nH]nc(C(C)(C)C)c3C2)ccc1F.Cc1cccc(NC(=O)N2CCc3[nH]nc(C(C)(C)C)c3C2)c1. The number of rotatable bonds is 4. The van der Waals surface area contributed by atoms with Crippen molar-refractivity contribution in [2.24, 2.45) is 0 Å². The fraction of sp³-hybridized carbons (Fsp3) is 0.417. The van der Waals surface area contributed by atoms with Crippen LogP contribution in [0.5, 0.6) is 0 Å². The van der Waals surface area contributed by atoms with E-state index in [1.54, 1.807) is 52.0 Å². The van der Waals surface area contributed by atoms with E-state index >= 15 is 0 Å². The molecule has 0 fully saturated rings. The standard InChI is InChI=1S/2C18H20FN5O.C18H23FN4O.C18H24N4O/c1-18(2,3)16-13-10-24(7-6-15(13)22-23-16)17(25)21-12-4-5-14(19)11(8-12)9-20;1-18(2,3)16-12-10-24(8-7-13(12)22-23-16)17(25)21-14-6-4-5-11(9-20)15(14)19;1-11-9-12(5-6-14(11)19)20-17(24)23-8-7-15-13(10-23)16(22-21-15)18(2,3)4;1-12-6-5-7-13(10-12)19-17(23)22-9-8-15-14(11-22)16(21-20-15)18(2,3)4/h4-5,8H,6-7,10H2,1-3H3,(H,21,25)(H,22,23);4-6H,7-8,10H2,1-3H3,(H,21,25)(H,22,23);5-6,9H,7-8,10H2,1-4H3,(H,20,24)(H,21,22);5-7,10H,8-9,11H2,1-4H3,(H,19,23)(H,20,21). The topological polar surface area (TPSA) is 292 Å². The molecule has 8 N–H and O–H groups in total. The quantitative estimate of drug-likeness (QED) is 0.0824. The minimum Gasteiger partial charge on any atom is -0.320 e. The fourth-order valence-corrected chi connectivity index (χ4v) is 12.0. The number of hydrogen-bond donors (Lipinski definition) is 8. The van der Waals surface area contributed by atoms with Crippen molar-refractivity contribution in [3.05, 3.63) is 186 Å². The van der Waals surface area contributed by atoms with Crippen molar-refractivity contribution in [2.45, 2.75) is 170 Å². The van der Waals surface area contributed by atoms with Gasteiger partial charge in [0.15, 0.2) is 5.82 Å². The van der Waals surface area contributed by atoms with Crippen LogP contribution in [0.15, 0.2) is 78.9 Å². The van der Waals surface area contributed by atoms with Gasteiger partial charge in [0.1, 0.15) is 23.8 Å². The van der Waals surface area contributed by atoms with Crippen LogP contribution >= 0.6 is 0 Å². The number of aryl methyl sites for hydroxylation is 2. The third kappa shape index (κ3) is 17.0. The summed E-state index contributed by atoms with van der Waals surface area (Å²) in [6.07, 6.45) is 2.96. The molecule has 8 heterocycles. The van der Waals surface area contributed by atoms with Crippen molar-refractivity contribution in [3.8, 4) is 12.1 Å². The molecule has 4 aliphatic heterocycles. The molecular weight excluding hydrogens is 1240 g/mol. The Labute approximate surface area is 564 Å². The normalized spacial score (nSPS) is 14.2. The van der Waals surface area contributed by atoms with Crippen LogP contribution in [0, 0.1) is 54.0 Å². The summed E-state index contributed by atoms with van der Waals surface area (Å²) in [4.78, 5) is 57.2. The molecule has 22 nitrogen and oxygen atoms in total. The summed E-state index contributed by atoms with van der Waals surface area (Å²) in [5.74, 6) is -1.59. The zero-order valence-electron chi connectivity index (χ0n) is 57.7. The molecule has 25 heteroatoms. The van der Waals surface area contributed by atoms with Crippen LogP contribution in [0.25, 0.3) is 0 Å². The molecule has 0 radical (unpaired) electrons. The summed E-state index contributed by atoms with van der Waals surface area (Å²) in [5, 5.41) is 59.1. The van der Waals surface area contributed by atoms with Gasteiger partial charge in [-0.3, -0.25) is 20.4 Å². The number of amides is 8. The van der Waals surface area contributed by atoms with E-state index in [2.05, 4.69) is 145 Å². The minimum atomic E-state index is -0.713. The number of anilines is 4. The summed E-state index contributed by atoms with van der Waals surface area (Å²) >= 11 is 0. The highest BCUT2D eigenvalue weighted by molar-refractivity contribution is 5.92. The molecule has 8 aromatic rings. The van der Waals surface area contributed by atoms with E-state index in [4.69, 9.17) is 10.5 Å². The van der Waals surface area contributed by atoms with Gasteiger partial charge in [-0.2, -0.15) is 30.9 Å². The smallest absolute Gasteiger partial charge is 0.320 e. The van der Waals surface area contributed by atoms with Crippen LogP contribution < -0.4 is 21.3 Å². The lowest BCUT2D eigenvalue weighted by atomic mass is 9.87. The van der Waals surface area contributed by atoms with E-state index < -0.39 is 11.6 Å². The number of nitriles is 2. The van der Waals surface area contributed by atoms with Gasteiger partial charge in [0.2, 0.25) is 0 Å². The Hall–Kier alpha value is -10.4. The van der Waals surface area contributed by atoms with Crippen molar-refractivity contribution in [1.82, 2.24) is 60.4 Å². The number of nitrogens with one attached hydrogen (secondary N) is 8. The first-order chi connectivity index (χ1) is 45.7. The number of carbonyl (C=O) groups excluding carboxylic acids is 4. The number of benzene rings is 4. The maximum absolute atomic E-state index is 14.1. The molecule has 8 amide bonds. The zero-order chi connectivity index (χ0) is 70.5. The van der Waals surface area contributed by atoms with Gasteiger partial charge < -0.3 is 40.9 Å². The number of aromatic nitrogens is 8. The lowest BCUT2D eigenvalue weighted by Gasteiger charge is -2.29. The van der Waals surface area contributed by atoms with Gasteiger partial charge in [0.05, 0.1) is 65.8 Å². The van der Waals surface area contributed by atoms with Gasteiger partial charge >= 0.3 is 24.1 Å². The third-order valence-electron chi connectivity index (χ3n) is 17.1. The monoisotopic (exact) mass is 1320 g/mol. The van der Waals surface area contributed by atoms with Crippen LogP contribution in [-0.2, 0) is 73.5 Å². The van der Waals surface area contributed by atoms with Gasteiger partial charge in [-0.15, -0.1) is 0 Å². The lowest BCUT2D eigenvalue weighted by Crippen LogP contribution is -2.39. The largest absolute Gasteiger partial charge is 0.322 e. The van der Waals surface area contributed by atoms with Crippen LogP contribution in [0.1, 0.15) is 173 Å². The summed E-state index contributed by atoms with van der Waals surface area (Å²) < 4.78 is 40.9. The molecule has 510 valence electrons. The summed E-state index contributed by atoms with van der Waals surface area (Å²) in [7, 11) is 0. The highest BCUT2D eigenvalue weighted by Crippen LogP contribution is 2.35. The Balaban J connectivity index is 0.000000152. The molecule has 4 aliphatic rings. The Morgan fingerprint density at radius 1 is 0.433 bits per heavy atom. The molecule has 0 bridgehead atoms. The maximum Gasteiger partial charge on any atom is 0.322 e. The average Bonchev–Trinajstić information content (AvgIpc) is 1.67. The van der Waals surface area contributed by atoms with E-state index in [0.717, 1.165) is 86.3 Å². The number of H-pyrrole nitrogens is 4. The molecule has 4 aromatic carbocycles. The Kier molecular flexibility index (Phi) is 21.1. The van der Waals surface area contributed by atoms with E-state index in [1.807, 2.05) is 36.1 Å². The molecule has 0 atom stereocenters. The first kappa shape index (κ1) is 70.9. The van der Waals surface area contributed by atoms with Gasteiger partial charge in [-0.05, 0) is 85.6 Å². The van der Waals surface area contributed by atoms with Crippen LogP contribution in [0.3, 0.4) is 0 Å². The predicted molar refractivity (Wildman–Crippen MR) is 366 cm³/mol. The van der Waals surface area contributed by atoms with Crippen molar-refractivity contribution in [3.63, 3.8) is 0 Å². The van der Waals surface area contributed by atoms with Crippen LogP contribution in [0.2, 0.25) is 0 Å². The van der Waals surface area contributed by atoms with Crippen molar-refractivity contribution >= 4 is 46.9 Å². The molecule has 4 aromatic heterocycles. The highest BCUT2D eigenvalue weighted by atomic mass is 19.1. The van der Waals surface area contributed by atoms with E-state index in [1.165, 1.54) is 42.0 Å². The zero-order valence-corrected chi connectivity index (χ0v) is 57.7. The van der Waals surface area contributed by atoms with Crippen molar-refractivity contribution in [2.75, 3.05) is 47.4 Å². The van der Waals surface area contributed by atoms with Crippen LogP contribution in [0.4, 0.5) is 55.1 Å². The van der Waals surface area contributed by atoms with Gasteiger partial charge in [-0.25, -0.2) is 32.3 Å². The molecule has 0 saturated carbocycles. The molecule has 97 heavy (non-hydrogen) atoms. The molecule has 0 unspecified atom stereocenters. The second-order valence-corrected chi connectivity index (χ2v) is 28.9. The Morgan fingerprint density at radius 3 is 1.12 bits per heavy atom. The average molecular weight is 1330 g/mol. The second-order valence-electron chi connectivity index (χ2n) is 28.9. The number of urea groups is 4. The van der Waals surface area contributed by atoms with E-state index in [0.29, 0.717) is 82.1 Å². The van der Waals surface area contributed by atoms with Crippen molar-refractivity contribution < 1.29 is 32.3 Å². The summed E-state index contributed by atoms with van der Waals surface area (Å²) in [6, 6.07) is 23.4. The number of carbonyl (C=O) groups is 4. The number of halogens is 3. The first-order valence-corrected chi connectivity index (χ1v) is 32.4. The number of hydrogen-bond acceptors (Lipinski definition) is 10. The molecule has 0 saturated heterocycles. The summed E-state index contributed by atoms with van der Waals surface area (Å²) in [5.41, 5.74) is 15.7. The number of fused-ring (bicyclic) bond motifs is 4. The van der Waals surface area contributed by atoms with Gasteiger partial charge in [-0.1, -0.05) is 101 Å². The van der Waals surface area contributed by atoms with Crippen molar-refractivity contribution in [1.29, 1.82) is 10.5 Å². The third-order valence-corrected chi connectivity index (χ3v) is 17.1. The lowest BCUT2D eigenvalue weighted by molar-refractivity contribution is 0.205. The summed E-state index contributed by atoms with van der Waals surface area (Å²) in [6.45, 7) is 33.4. The predicted octanol–water partition coefficient (Wildman–Crippen LogP) is 14.0.